The van der Waals surface area contributed by atoms with Gasteiger partial charge in [0.2, 0.25) is 0 Å². The van der Waals surface area contributed by atoms with E-state index >= 15 is 0 Å². The molecule has 5 heteroatoms. The summed E-state index contributed by atoms with van der Waals surface area (Å²) in [4.78, 5) is 13.2. The number of carboxylic acids is 1. The van der Waals surface area contributed by atoms with E-state index in [1.165, 1.54) is 0 Å². The first-order chi connectivity index (χ1) is 8.20. The Hall–Kier alpha value is -1.26. The molecule has 0 aliphatic carbocycles. The van der Waals surface area contributed by atoms with Crippen molar-refractivity contribution in [1.82, 2.24) is 0 Å². The molecule has 1 saturated heterocycles. The average molecular weight is 256 g/mol. The average Bonchev–Trinajstić information content (AvgIpc) is 2.57. The zero-order valence-electron chi connectivity index (χ0n) is 9.36. The van der Waals surface area contributed by atoms with Crippen LogP contribution >= 0.6 is 11.6 Å². The third-order valence-electron chi connectivity index (χ3n) is 2.76. The van der Waals surface area contributed by atoms with E-state index in [0.29, 0.717) is 30.5 Å². The number of anilines is 1. The zero-order chi connectivity index (χ0) is 12.3. The van der Waals surface area contributed by atoms with Gasteiger partial charge in [0, 0.05) is 19.7 Å². The summed E-state index contributed by atoms with van der Waals surface area (Å²) in [5, 5.41) is 9.65. The molecule has 0 saturated carbocycles. The minimum atomic E-state index is -0.951. The molecule has 1 fully saturated rings. The van der Waals surface area contributed by atoms with Crippen molar-refractivity contribution in [2.24, 2.45) is 0 Å². The molecule has 0 aromatic heterocycles. The molecule has 0 bridgehead atoms. The van der Waals surface area contributed by atoms with Gasteiger partial charge >= 0.3 is 5.97 Å². The summed E-state index contributed by atoms with van der Waals surface area (Å²) >= 11 is 6.11. The maximum absolute atomic E-state index is 11.2. The number of aromatic carboxylic acids is 1. The van der Waals surface area contributed by atoms with Gasteiger partial charge in [0.1, 0.15) is 0 Å². The second-order valence-corrected chi connectivity index (χ2v) is 4.30. The van der Waals surface area contributed by atoms with E-state index in [4.69, 9.17) is 16.3 Å². The van der Waals surface area contributed by atoms with E-state index in [-0.39, 0.29) is 5.56 Å². The van der Waals surface area contributed by atoms with Crippen LogP contribution in [-0.4, -0.2) is 37.4 Å². The lowest BCUT2D eigenvalue weighted by Crippen LogP contribution is -2.28. The standard InChI is InChI=1S/C12H14ClNO3/c13-10-4-1-3-9(12(15)16)11(10)14-5-2-7-17-8-6-14/h1,3-4H,2,5-8H2,(H,15,16). The van der Waals surface area contributed by atoms with Gasteiger partial charge in [-0.25, -0.2) is 4.79 Å². The van der Waals surface area contributed by atoms with Crippen LogP contribution in [0.2, 0.25) is 5.02 Å². The van der Waals surface area contributed by atoms with Gasteiger partial charge in [0.05, 0.1) is 22.9 Å². The number of para-hydroxylation sites is 1. The normalized spacial score (nSPS) is 16.6. The highest BCUT2D eigenvalue weighted by Crippen LogP contribution is 2.30. The summed E-state index contributed by atoms with van der Waals surface area (Å²) in [5.74, 6) is -0.951. The lowest BCUT2D eigenvalue weighted by molar-refractivity contribution is 0.0697. The van der Waals surface area contributed by atoms with Crippen molar-refractivity contribution in [1.29, 1.82) is 0 Å². The van der Waals surface area contributed by atoms with Crippen LogP contribution in [0, 0.1) is 0 Å². The number of carbonyl (C=O) groups is 1. The third kappa shape index (κ3) is 2.70. The molecule has 0 radical (unpaired) electrons. The van der Waals surface area contributed by atoms with E-state index in [1.54, 1.807) is 18.2 Å². The Labute approximate surface area is 105 Å². The minimum Gasteiger partial charge on any atom is -0.478 e. The lowest BCUT2D eigenvalue weighted by Gasteiger charge is -2.24. The molecule has 2 rings (SSSR count). The topological polar surface area (TPSA) is 49.8 Å². The number of halogens is 1. The summed E-state index contributed by atoms with van der Waals surface area (Å²) in [6, 6.07) is 4.95. The van der Waals surface area contributed by atoms with Gasteiger partial charge in [-0.2, -0.15) is 0 Å². The van der Waals surface area contributed by atoms with Gasteiger partial charge < -0.3 is 14.7 Å². The van der Waals surface area contributed by atoms with E-state index in [0.717, 1.165) is 13.0 Å². The number of hydrogen-bond acceptors (Lipinski definition) is 3. The Morgan fingerprint density at radius 2 is 2.18 bits per heavy atom. The van der Waals surface area contributed by atoms with Gasteiger partial charge in [0.15, 0.2) is 0 Å². The molecule has 0 unspecified atom stereocenters. The first kappa shape index (κ1) is 12.2. The third-order valence-corrected chi connectivity index (χ3v) is 3.06. The van der Waals surface area contributed by atoms with Gasteiger partial charge in [-0.1, -0.05) is 17.7 Å². The molecule has 0 amide bonds. The highest BCUT2D eigenvalue weighted by atomic mass is 35.5. The van der Waals surface area contributed by atoms with Crippen LogP contribution in [0.5, 0.6) is 0 Å². The van der Waals surface area contributed by atoms with Crippen LogP contribution in [0.25, 0.3) is 0 Å². The molecule has 0 spiro atoms. The first-order valence-corrected chi connectivity index (χ1v) is 5.92. The predicted octanol–water partition coefficient (Wildman–Crippen LogP) is 2.26. The summed E-state index contributed by atoms with van der Waals surface area (Å²) < 4.78 is 5.35. The molecule has 17 heavy (non-hydrogen) atoms. The van der Waals surface area contributed by atoms with Crippen LogP contribution in [0.15, 0.2) is 18.2 Å². The van der Waals surface area contributed by atoms with Crippen molar-refractivity contribution in [3.05, 3.63) is 28.8 Å². The molecular formula is C12H14ClNO3. The van der Waals surface area contributed by atoms with Gasteiger partial charge in [-0.05, 0) is 18.6 Å². The Morgan fingerprint density at radius 1 is 1.35 bits per heavy atom. The van der Waals surface area contributed by atoms with Crippen LogP contribution in [0.3, 0.4) is 0 Å². The summed E-state index contributed by atoms with van der Waals surface area (Å²) in [5.41, 5.74) is 0.853. The Bertz CT molecular complexity index is 414. The zero-order valence-corrected chi connectivity index (χ0v) is 10.1. The van der Waals surface area contributed by atoms with Crippen molar-refractivity contribution >= 4 is 23.3 Å². The van der Waals surface area contributed by atoms with Crippen molar-refractivity contribution in [2.45, 2.75) is 6.42 Å². The lowest BCUT2D eigenvalue weighted by atomic mass is 10.1. The number of rotatable bonds is 2. The fraction of sp³-hybridized carbons (Fsp3) is 0.417. The fourth-order valence-electron chi connectivity index (χ4n) is 1.98. The predicted molar refractivity (Wildman–Crippen MR) is 66.1 cm³/mol. The van der Waals surface area contributed by atoms with Gasteiger partial charge in [-0.15, -0.1) is 0 Å². The molecular weight excluding hydrogens is 242 g/mol. The summed E-state index contributed by atoms with van der Waals surface area (Å²) in [6.45, 7) is 2.75. The number of nitrogens with zero attached hydrogens (tertiary/aromatic N) is 1. The maximum Gasteiger partial charge on any atom is 0.337 e. The second-order valence-electron chi connectivity index (χ2n) is 3.89. The number of ether oxygens (including phenoxy) is 1. The molecule has 1 aromatic rings. The van der Waals surface area contributed by atoms with Crippen molar-refractivity contribution < 1.29 is 14.6 Å². The number of benzene rings is 1. The van der Waals surface area contributed by atoms with Gasteiger partial charge in [0.25, 0.3) is 0 Å². The monoisotopic (exact) mass is 255 g/mol. The van der Waals surface area contributed by atoms with Crippen molar-refractivity contribution in [2.75, 3.05) is 31.2 Å². The minimum absolute atomic E-state index is 0.249. The summed E-state index contributed by atoms with van der Waals surface area (Å²) in [7, 11) is 0. The molecule has 1 heterocycles. The Morgan fingerprint density at radius 3 is 2.94 bits per heavy atom. The highest BCUT2D eigenvalue weighted by molar-refractivity contribution is 6.34. The molecule has 0 atom stereocenters. The van der Waals surface area contributed by atoms with E-state index in [2.05, 4.69) is 0 Å². The smallest absolute Gasteiger partial charge is 0.337 e. The molecule has 1 aliphatic rings. The Kier molecular flexibility index (Phi) is 3.86. The molecule has 1 N–H and O–H groups in total. The molecule has 92 valence electrons. The second kappa shape index (κ2) is 5.38. The molecule has 1 aliphatic heterocycles. The van der Waals surface area contributed by atoms with Crippen molar-refractivity contribution in [3.8, 4) is 0 Å². The largest absolute Gasteiger partial charge is 0.478 e. The molecule has 4 nitrogen and oxygen atoms in total. The highest BCUT2D eigenvalue weighted by Gasteiger charge is 2.20. The maximum atomic E-state index is 11.2. The Balaban J connectivity index is 2.37. The first-order valence-electron chi connectivity index (χ1n) is 5.54. The summed E-state index contributed by atoms with van der Waals surface area (Å²) in [6.07, 6.45) is 0.879. The number of carboxylic acid groups (broad SMARTS) is 1. The van der Waals surface area contributed by atoms with Crippen molar-refractivity contribution in [3.63, 3.8) is 0 Å². The molecule has 1 aromatic carbocycles. The van der Waals surface area contributed by atoms with E-state index < -0.39 is 5.97 Å². The van der Waals surface area contributed by atoms with E-state index in [9.17, 15) is 9.90 Å². The quantitative estimate of drug-likeness (QED) is 0.881. The fourth-order valence-corrected chi connectivity index (χ4v) is 2.27. The van der Waals surface area contributed by atoms with Crippen LogP contribution in [-0.2, 0) is 4.74 Å². The van der Waals surface area contributed by atoms with Crippen LogP contribution < -0.4 is 4.90 Å². The van der Waals surface area contributed by atoms with E-state index in [1.807, 2.05) is 4.90 Å². The SMILES string of the molecule is O=C(O)c1cccc(Cl)c1N1CCCOCC1. The number of hydrogen-bond donors (Lipinski definition) is 1. The van der Waals surface area contributed by atoms with Gasteiger partial charge in [-0.3, -0.25) is 0 Å². The van der Waals surface area contributed by atoms with Crippen LogP contribution in [0.1, 0.15) is 16.8 Å². The van der Waals surface area contributed by atoms with Crippen LogP contribution in [0.4, 0.5) is 5.69 Å².